The van der Waals surface area contributed by atoms with E-state index in [1.165, 1.54) is 0 Å². The van der Waals surface area contributed by atoms with E-state index in [0.717, 1.165) is 89.9 Å². The molecule has 1 N–H and O–H groups in total. The van der Waals surface area contributed by atoms with E-state index in [0.29, 0.717) is 6.42 Å². The predicted octanol–water partition coefficient (Wildman–Crippen LogP) is 5.66. The average molecular weight is 527 g/mol. The Kier molecular flexibility index (Phi) is 26.6. The maximum absolute atomic E-state index is 12.6. The van der Waals surface area contributed by atoms with Crippen LogP contribution in [0, 0.1) is 0 Å². The summed E-state index contributed by atoms with van der Waals surface area (Å²) in [5.41, 5.74) is -2.28. The van der Waals surface area contributed by atoms with Crippen LogP contribution >= 0.6 is 0 Å². The second-order valence-electron chi connectivity index (χ2n) is 9.20. The third-order valence-electron chi connectivity index (χ3n) is 5.76. The van der Waals surface area contributed by atoms with E-state index in [1.54, 1.807) is 0 Å². The number of ether oxygens (including phenoxy) is 3. The molecule has 0 bridgehead atoms. The van der Waals surface area contributed by atoms with Crippen LogP contribution in [0.4, 0.5) is 0 Å². The van der Waals surface area contributed by atoms with Crippen LogP contribution in [0.3, 0.4) is 0 Å². The van der Waals surface area contributed by atoms with Gasteiger partial charge in [0.2, 0.25) is 0 Å². The van der Waals surface area contributed by atoms with Gasteiger partial charge in [0.05, 0.1) is 32.7 Å². The molecule has 0 unspecified atom stereocenters. The van der Waals surface area contributed by atoms with Crippen molar-refractivity contribution in [1.29, 1.82) is 0 Å². The van der Waals surface area contributed by atoms with Crippen molar-refractivity contribution in [1.82, 2.24) is 0 Å². The van der Waals surface area contributed by atoms with E-state index in [1.807, 2.05) is 0 Å². The summed E-state index contributed by atoms with van der Waals surface area (Å²) < 4.78 is 15.6. The molecule has 0 fully saturated rings. The molecule has 0 aliphatic heterocycles. The van der Waals surface area contributed by atoms with Gasteiger partial charge in [-0.1, -0.05) is 97.8 Å². The summed E-state index contributed by atoms with van der Waals surface area (Å²) in [6.45, 7) is 6.98. The Morgan fingerprint density at radius 3 is 1.20 bits per heavy atom. The van der Waals surface area contributed by atoms with E-state index >= 15 is 0 Å². The first-order chi connectivity index (χ1) is 16.4. The summed E-state index contributed by atoms with van der Waals surface area (Å²) in [6.07, 6.45) is 13.7. The fourth-order valence-corrected chi connectivity index (χ4v) is 3.57. The van der Waals surface area contributed by atoms with Crippen molar-refractivity contribution in [2.45, 2.75) is 136 Å². The topological polar surface area (TPSA) is 99.1 Å². The van der Waals surface area contributed by atoms with Gasteiger partial charge in [-0.2, -0.15) is 0 Å². The van der Waals surface area contributed by atoms with Gasteiger partial charge >= 0.3 is 17.9 Å². The Balaban J connectivity index is 0. The van der Waals surface area contributed by atoms with Crippen molar-refractivity contribution in [3.63, 3.8) is 0 Å². The second-order valence-corrected chi connectivity index (χ2v) is 9.20. The van der Waals surface area contributed by atoms with Crippen molar-refractivity contribution in [3.05, 3.63) is 0 Å². The van der Waals surface area contributed by atoms with Gasteiger partial charge < -0.3 is 19.3 Å². The van der Waals surface area contributed by atoms with Crippen molar-refractivity contribution in [3.8, 4) is 0 Å². The van der Waals surface area contributed by atoms with E-state index in [4.69, 9.17) is 14.2 Å². The van der Waals surface area contributed by atoms with E-state index in [-0.39, 0.29) is 57.6 Å². The molecule has 0 aliphatic rings. The third-order valence-corrected chi connectivity index (χ3v) is 5.76. The summed E-state index contributed by atoms with van der Waals surface area (Å²) in [6, 6.07) is 0. The van der Waals surface area contributed by atoms with Gasteiger partial charge in [-0.15, -0.1) is 0 Å². The Morgan fingerprint density at radius 1 is 0.543 bits per heavy atom. The van der Waals surface area contributed by atoms with Crippen molar-refractivity contribution in [2.24, 2.45) is 0 Å². The zero-order chi connectivity index (χ0) is 25.5. The molecule has 0 heterocycles. The van der Waals surface area contributed by atoms with Crippen molar-refractivity contribution < 1.29 is 33.7 Å². The van der Waals surface area contributed by atoms with Crippen LogP contribution in [-0.4, -0.2) is 86.2 Å². The fourth-order valence-electron chi connectivity index (χ4n) is 3.57. The summed E-state index contributed by atoms with van der Waals surface area (Å²) in [7, 11) is 0. The van der Waals surface area contributed by atoms with Crippen LogP contribution < -0.4 is 0 Å². The number of rotatable bonds is 23. The summed E-state index contributed by atoms with van der Waals surface area (Å²) in [5, 5.41) is 10.9. The van der Waals surface area contributed by atoms with Crippen LogP contribution in [-0.2, 0) is 28.6 Å². The van der Waals surface area contributed by atoms with Gasteiger partial charge in [-0.25, -0.2) is 4.79 Å². The largest absolute Gasteiger partial charge is 0.466 e. The average Bonchev–Trinajstić information content (AvgIpc) is 2.80. The van der Waals surface area contributed by atoms with E-state index < -0.39 is 36.4 Å². The van der Waals surface area contributed by atoms with Gasteiger partial charge in [0.1, 0.15) is 0 Å². The second kappa shape index (κ2) is 25.3. The molecule has 0 amide bonds. The van der Waals surface area contributed by atoms with Crippen LogP contribution in [0.1, 0.15) is 130 Å². The molecule has 35 heavy (non-hydrogen) atoms. The third kappa shape index (κ3) is 21.4. The maximum atomic E-state index is 12.6. The molecule has 0 aromatic heterocycles. The molecule has 8 heteroatoms. The van der Waals surface area contributed by atoms with Gasteiger partial charge in [0.15, 0.2) is 5.60 Å². The van der Waals surface area contributed by atoms with E-state index in [9.17, 15) is 19.5 Å². The van der Waals surface area contributed by atoms with Crippen molar-refractivity contribution >= 4 is 55.6 Å². The molecule has 0 saturated carbocycles. The van der Waals surface area contributed by atoms with E-state index in [2.05, 4.69) is 20.8 Å². The number of aliphatic hydroxyl groups is 1. The smallest absolute Gasteiger partial charge is 0.339 e. The predicted molar refractivity (Wildman–Crippen MR) is 139 cm³/mol. The van der Waals surface area contributed by atoms with Crippen LogP contribution in [0.2, 0.25) is 0 Å². The maximum Gasteiger partial charge on any atom is 0.339 e. The Bertz CT molecular complexity index is 510. The quantitative estimate of drug-likeness (QED) is 0.0794. The number of hydrogen-bond acceptors (Lipinski definition) is 7. The minimum absolute atomic E-state index is 0. The molecular formula is C27H50CaO7. The monoisotopic (exact) mass is 526 g/mol. The normalized spacial score (nSPS) is 11.0. The number of hydrogen-bond donors (Lipinski definition) is 1. The molecule has 2 radical (unpaired) electrons. The summed E-state index contributed by atoms with van der Waals surface area (Å²) >= 11 is 0. The first-order valence-electron chi connectivity index (χ1n) is 13.6. The number of carbonyl (C=O) groups is 3. The van der Waals surface area contributed by atoms with Crippen molar-refractivity contribution in [2.75, 3.05) is 19.8 Å². The number of unbranched alkanes of at least 4 members (excludes halogenated alkanes) is 12. The molecule has 0 aromatic rings. The summed E-state index contributed by atoms with van der Waals surface area (Å²) in [5.74, 6) is -2.40. The van der Waals surface area contributed by atoms with Gasteiger partial charge in [0.25, 0.3) is 0 Å². The first-order valence-corrected chi connectivity index (χ1v) is 13.6. The van der Waals surface area contributed by atoms with Crippen LogP contribution in [0.15, 0.2) is 0 Å². The minimum atomic E-state index is -2.28. The molecule has 202 valence electrons. The van der Waals surface area contributed by atoms with Gasteiger partial charge in [-0.3, -0.25) is 9.59 Å². The molecule has 0 aromatic carbocycles. The first kappa shape index (κ1) is 36.8. The molecule has 0 spiro atoms. The molecule has 0 atom stereocenters. The SMILES string of the molecule is CCCCCCCOC(=O)CC(O)(CC(=O)OCCCCCCC)C(=O)OCCCCCCC.[Ca]. The zero-order valence-electron chi connectivity index (χ0n) is 22.7. The minimum Gasteiger partial charge on any atom is -0.466 e. The Morgan fingerprint density at radius 2 is 0.857 bits per heavy atom. The molecule has 0 saturated heterocycles. The van der Waals surface area contributed by atoms with Gasteiger partial charge in [-0.05, 0) is 19.3 Å². The van der Waals surface area contributed by atoms with Crippen LogP contribution in [0.25, 0.3) is 0 Å². The van der Waals surface area contributed by atoms with Gasteiger partial charge in [0, 0.05) is 37.7 Å². The number of carbonyl (C=O) groups excluding carboxylic acids is 3. The Hall–Kier alpha value is -0.370. The fraction of sp³-hybridized carbons (Fsp3) is 0.889. The van der Waals surface area contributed by atoms with Crippen LogP contribution in [0.5, 0.6) is 0 Å². The summed E-state index contributed by atoms with van der Waals surface area (Å²) in [4.78, 5) is 37.2. The number of esters is 3. The Labute approximate surface area is 243 Å². The zero-order valence-corrected chi connectivity index (χ0v) is 25.0. The molecule has 0 rings (SSSR count). The molecular weight excluding hydrogens is 476 g/mol. The molecule has 0 aliphatic carbocycles. The molecule has 7 nitrogen and oxygen atoms in total. The standard InChI is InChI=1S/C27H50O7.Ca/c1-4-7-10-13-16-19-32-24(28)22-27(31,26(30)34-21-18-15-12-9-6-3)23-25(29)33-20-17-14-11-8-5-2;/h31H,4-23H2,1-3H3;.